The molecule has 0 fully saturated rings. The van der Waals surface area contributed by atoms with E-state index < -0.39 is 40.9 Å². The second kappa shape index (κ2) is 11.2. The number of rotatable bonds is 9. The van der Waals surface area contributed by atoms with Crippen molar-refractivity contribution in [3.05, 3.63) is 53.4 Å². The van der Waals surface area contributed by atoms with Gasteiger partial charge in [-0.2, -0.15) is 0 Å². The van der Waals surface area contributed by atoms with Crippen molar-refractivity contribution in [1.82, 2.24) is 0 Å². The van der Waals surface area contributed by atoms with Crippen molar-refractivity contribution in [2.45, 2.75) is 78.9 Å². The molecule has 1 aliphatic carbocycles. The van der Waals surface area contributed by atoms with E-state index in [4.69, 9.17) is 23.0 Å². The number of methoxy groups -OCH3 is 1. The predicted octanol–water partition coefficient (Wildman–Crippen LogP) is 5.99. The monoisotopic (exact) mass is 570 g/mol. The molecule has 5 unspecified atom stereocenters. The standard InChI is InChI=1S/C31H38O10/c1-16(2)29(36)41-28-19-12-22(39-26(19)17(3)20(30(28,4)5)13-24(34)37-7)21-14-25(35)40-27(18-9-11-38-15-18)31(21,6)10-8-23(32)33/h9,11-12,14-17,20,27-28H,8,10,13H2,1-7H3,(H,32,33). The summed E-state index contributed by atoms with van der Waals surface area (Å²) in [4.78, 5) is 49.8. The van der Waals surface area contributed by atoms with Gasteiger partial charge in [0.2, 0.25) is 0 Å². The summed E-state index contributed by atoms with van der Waals surface area (Å²) in [6.45, 7) is 11.2. The molecular weight excluding hydrogens is 532 g/mol. The Morgan fingerprint density at radius 2 is 1.88 bits per heavy atom. The third kappa shape index (κ3) is 5.56. The lowest BCUT2D eigenvalue weighted by Gasteiger charge is -2.46. The number of fused-ring (bicyclic) bond motifs is 1. The molecule has 0 radical (unpaired) electrons. The maximum Gasteiger partial charge on any atom is 0.331 e. The van der Waals surface area contributed by atoms with Crippen LogP contribution in [0.25, 0.3) is 5.57 Å². The molecule has 0 aromatic carbocycles. The molecule has 2 aromatic rings. The largest absolute Gasteiger partial charge is 0.481 e. The Balaban J connectivity index is 1.88. The van der Waals surface area contributed by atoms with Gasteiger partial charge in [-0.25, -0.2) is 4.79 Å². The van der Waals surface area contributed by atoms with Crippen molar-refractivity contribution < 1.29 is 47.3 Å². The van der Waals surface area contributed by atoms with Crippen molar-refractivity contribution in [2.75, 3.05) is 7.11 Å². The Labute approximate surface area is 239 Å². The zero-order chi connectivity index (χ0) is 30.3. The topological polar surface area (TPSA) is 142 Å². The van der Waals surface area contributed by atoms with Gasteiger partial charge in [-0.1, -0.05) is 41.5 Å². The Kier molecular flexibility index (Phi) is 8.25. The quantitative estimate of drug-likeness (QED) is 0.282. The Morgan fingerprint density at radius 3 is 2.46 bits per heavy atom. The van der Waals surface area contributed by atoms with Gasteiger partial charge in [0.25, 0.3) is 0 Å². The van der Waals surface area contributed by atoms with E-state index in [9.17, 15) is 24.3 Å². The summed E-state index contributed by atoms with van der Waals surface area (Å²) in [5.41, 5.74) is 0.0275. The van der Waals surface area contributed by atoms with Gasteiger partial charge in [-0.3, -0.25) is 14.4 Å². The molecule has 1 aliphatic heterocycles. The molecule has 10 nitrogen and oxygen atoms in total. The van der Waals surface area contributed by atoms with E-state index in [-0.39, 0.29) is 43.0 Å². The number of carbonyl (C=O) groups excluding carboxylic acids is 3. The van der Waals surface area contributed by atoms with Crippen LogP contribution in [0.5, 0.6) is 0 Å². The van der Waals surface area contributed by atoms with Crippen LogP contribution in [0.2, 0.25) is 0 Å². The number of furan rings is 2. The van der Waals surface area contributed by atoms with E-state index >= 15 is 0 Å². The third-order valence-electron chi connectivity index (χ3n) is 8.70. The summed E-state index contributed by atoms with van der Waals surface area (Å²) >= 11 is 0. The molecule has 0 amide bonds. The lowest BCUT2D eigenvalue weighted by atomic mass is 9.61. The van der Waals surface area contributed by atoms with E-state index in [1.807, 2.05) is 27.7 Å². The molecule has 3 heterocycles. The van der Waals surface area contributed by atoms with Crippen LogP contribution in [-0.4, -0.2) is 36.1 Å². The number of carboxylic acids is 1. The fraction of sp³-hybridized carbons (Fsp3) is 0.548. The van der Waals surface area contributed by atoms with Crippen molar-refractivity contribution in [3.8, 4) is 0 Å². The normalized spacial score (nSPS) is 27.0. The molecule has 0 saturated heterocycles. The highest BCUT2D eigenvalue weighted by atomic mass is 16.6. The van der Waals surface area contributed by atoms with Crippen molar-refractivity contribution in [1.29, 1.82) is 0 Å². The van der Waals surface area contributed by atoms with E-state index in [1.165, 1.54) is 25.7 Å². The van der Waals surface area contributed by atoms with Gasteiger partial charge in [0.15, 0.2) is 0 Å². The highest BCUT2D eigenvalue weighted by molar-refractivity contribution is 5.94. The zero-order valence-corrected chi connectivity index (χ0v) is 24.5. The Bertz CT molecular complexity index is 1340. The Morgan fingerprint density at radius 1 is 1.17 bits per heavy atom. The number of esters is 3. The lowest BCUT2D eigenvalue weighted by Crippen LogP contribution is -2.42. The van der Waals surface area contributed by atoms with Gasteiger partial charge >= 0.3 is 23.9 Å². The lowest BCUT2D eigenvalue weighted by molar-refractivity contribution is -0.166. The van der Waals surface area contributed by atoms with E-state index in [2.05, 4.69) is 0 Å². The van der Waals surface area contributed by atoms with Crippen molar-refractivity contribution in [2.24, 2.45) is 22.7 Å². The molecule has 0 bridgehead atoms. The number of ether oxygens (including phenoxy) is 3. The molecule has 41 heavy (non-hydrogen) atoms. The molecule has 10 heteroatoms. The van der Waals surface area contributed by atoms with Crippen LogP contribution in [0.1, 0.15) is 102 Å². The summed E-state index contributed by atoms with van der Waals surface area (Å²) in [5.74, 6) is -2.44. The molecule has 2 aliphatic rings. The maximum atomic E-state index is 12.9. The maximum absolute atomic E-state index is 12.9. The first-order valence-corrected chi connectivity index (χ1v) is 13.8. The van der Waals surface area contributed by atoms with Crippen LogP contribution in [0.3, 0.4) is 0 Å². The van der Waals surface area contributed by atoms with Gasteiger partial charge in [-0.15, -0.1) is 0 Å². The first-order valence-electron chi connectivity index (χ1n) is 13.8. The molecular formula is C31H38O10. The summed E-state index contributed by atoms with van der Waals surface area (Å²) in [6.07, 6.45) is 2.73. The van der Waals surface area contributed by atoms with Gasteiger partial charge < -0.3 is 28.2 Å². The number of hydrogen-bond acceptors (Lipinski definition) is 9. The van der Waals surface area contributed by atoms with Gasteiger partial charge in [0.1, 0.15) is 23.7 Å². The minimum Gasteiger partial charge on any atom is -0.481 e. The first kappa shape index (κ1) is 30.1. The van der Waals surface area contributed by atoms with Crippen molar-refractivity contribution >= 4 is 29.5 Å². The third-order valence-corrected chi connectivity index (χ3v) is 8.70. The average Bonchev–Trinajstić information content (AvgIpc) is 3.59. The van der Waals surface area contributed by atoms with Crippen LogP contribution in [0, 0.1) is 22.7 Å². The smallest absolute Gasteiger partial charge is 0.331 e. The Hall–Kier alpha value is -3.82. The zero-order valence-electron chi connectivity index (χ0n) is 24.5. The molecule has 4 rings (SSSR count). The minimum absolute atomic E-state index is 0.0871. The molecule has 2 aromatic heterocycles. The molecule has 222 valence electrons. The van der Waals surface area contributed by atoms with E-state index in [0.717, 1.165) is 0 Å². The second-order valence-corrected chi connectivity index (χ2v) is 12.1. The van der Waals surface area contributed by atoms with Crippen LogP contribution in [0.4, 0.5) is 0 Å². The van der Waals surface area contributed by atoms with Gasteiger partial charge in [0, 0.05) is 52.4 Å². The number of cyclic esters (lactones) is 1. The number of aliphatic carboxylic acids is 1. The molecule has 0 spiro atoms. The van der Waals surface area contributed by atoms with Crippen LogP contribution >= 0.6 is 0 Å². The summed E-state index contributed by atoms with van der Waals surface area (Å²) in [6, 6.07) is 3.45. The number of hydrogen-bond donors (Lipinski definition) is 1. The molecule has 0 saturated carbocycles. The summed E-state index contributed by atoms with van der Waals surface area (Å²) in [7, 11) is 1.33. The summed E-state index contributed by atoms with van der Waals surface area (Å²) in [5, 5.41) is 9.54. The predicted molar refractivity (Wildman–Crippen MR) is 145 cm³/mol. The fourth-order valence-corrected chi connectivity index (χ4v) is 6.25. The number of carboxylic acid groups (broad SMARTS) is 1. The van der Waals surface area contributed by atoms with E-state index in [1.54, 1.807) is 26.0 Å². The minimum atomic E-state index is -0.995. The van der Waals surface area contributed by atoms with Gasteiger partial charge in [0.05, 0.1) is 25.6 Å². The highest BCUT2D eigenvalue weighted by Gasteiger charge is 2.53. The molecule has 5 atom stereocenters. The first-order chi connectivity index (χ1) is 19.2. The SMILES string of the molecule is COC(=O)CC1C(C)c2oc(C3=CC(=O)OC(c4ccoc4)C3(C)CCC(=O)O)cc2C(OC(=O)C(C)C)C1(C)C. The fourth-order valence-electron chi connectivity index (χ4n) is 6.25. The summed E-state index contributed by atoms with van der Waals surface area (Å²) < 4.78 is 28.5. The van der Waals surface area contributed by atoms with E-state index in [0.29, 0.717) is 28.2 Å². The van der Waals surface area contributed by atoms with Crippen LogP contribution < -0.4 is 0 Å². The van der Waals surface area contributed by atoms with Crippen molar-refractivity contribution in [3.63, 3.8) is 0 Å². The number of carbonyl (C=O) groups is 4. The van der Waals surface area contributed by atoms with Gasteiger partial charge in [-0.05, 0) is 24.5 Å². The highest BCUT2D eigenvalue weighted by Crippen LogP contribution is 2.59. The molecule has 1 N–H and O–H groups in total. The second-order valence-electron chi connectivity index (χ2n) is 12.1. The van der Waals surface area contributed by atoms with Crippen LogP contribution in [-0.2, 0) is 33.4 Å². The average molecular weight is 571 g/mol. The van der Waals surface area contributed by atoms with Crippen LogP contribution in [0.15, 0.2) is 39.6 Å².